The van der Waals surface area contributed by atoms with Crippen molar-refractivity contribution in [3.05, 3.63) is 58.3 Å². The normalized spacial score (nSPS) is 12.0. The van der Waals surface area contributed by atoms with E-state index >= 15 is 0 Å². The molecule has 2 aromatic carbocycles. The van der Waals surface area contributed by atoms with Gasteiger partial charge in [0.05, 0.1) is 4.90 Å². The molecule has 0 aliphatic heterocycles. The number of alkyl halides is 2. The van der Waals surface area contributed by atoms with E-state index in [1.54, 1.807) is 0 Å². The minimum atomic E-state index is -4.00. The van der Waals surface area contributed by atoms with E-state index in [9.17, 15) is 21.6 Å². The molecule has 24 heavy (non-hydrogen) atoms. The molecule has 0 radical (unpaired) electrons. The molecule has 0 aliphatic carbocycles. The van der Waals surface area contributed by atoms with Gasteiger partial charge in [0, 0.05) is 29.7 Å². The monoisotopic (exact) mass is 423 g/mol. The molecule has 0 unspecified atom stereocenters. The Morgan fingerprint density at radius 3 is 2.58 bits per heavy atom. The predicted molar refractivity (Wildman–Crippen MR) is 85.8 cm³/mol. The fourth-order valence-corrected chi connectivity index (χ4v) is 3.57. The van der Waals surface area contributed by atoms with Gasteiger partial charge in [-0.05, 0) is 30.3 Å². The molecule has 0 spiro atoms. The van der Waals surface area contributed by atoms with Gasteiger partial charge in [-0.2, -0.15) is 13.1 Å². The summed E-state index contributed by atoms with van der Waals surface area (Å²) in [5.74, 6) is -0.817. The molecule has 0 heterocycles. The van der Waals surface area contributed by atoms with Crippen LogP contribution in [-0.2, 0) is 16.6 Å². The molecule has 0 atom stereocenters. The first kappa shape index (κ1) is 18.8. The van der Waals surface area contributed by atoms with Crippen LogP contribution in [0.5, 0.6) is 5.75 Å². The first-order valence-electron chi connectivity index (χ1n) is 6.65. The molecule has 0 fully saturated rings. The lowest BCUT2D eigenvalue weighted by molar-refractivity contribution is -0.0500. The highest BCUT2D eigenvalue weighted by molar-refractivity contribution is 9.10. The second-order valence-corrected chi connectivity index (χ2v) is 7.81. The Morgan fingerprint density at radius 2 is 1.92 bits per heavy atom. The molecule has 0 aromatic heterocycles. The Morgan fingerprint density at radius 1 is 1.21 bits per heavy atom. The topological polar surface area (TPSA) is 46.6 Å². The summed E-state index contributed by atoms with van der Waals surface area (Å²) in [6.07, 6.45) is 0. The van der Waals surface area contributed by atoms with Crippen molar-refractivity contribution in [3.8, 4) is 5.75 Å². The van der Waals surface area contributed by atoms with Gasteiger partial charge in [0.15, 0.2) is 0 Å². The van der Waals surface area contributed by atoms with Crippen LogP contribution in [0.3, 0.4) is 0 Å². The van der Waals surface area contributed by atoms with Crippen LogP contribution in [0.25, 0.3) is 0 Å². The number of rotatable bonds is 6. The fraction of sp³-hybridized carbons (Fsp3) is 0.200. The summed E-state index contributed by atoms with van der Waals surface area (Å²) in [5.41, 5.74) is 0.176. The minimum Gasteiger partial charge on any atom is -0.435 e. The zero-order chi connectivity index (χ0) is 17.9. The standard InChI is InChI=1S/C15H13BrF3NO3S/c1-20(9-10-7-11(16)5-6-14(10)17)24(21,22)13-4-2-3-12(8-13)23-15(18)19/h2-8,15H,9H2,1H3. The van der Waals surface area contributed by atoms with Crippen molar-refractivity contribution in [1.82, 2.24) is 4.31 Å². The summed E-state index contributed by atoms with van der Waals surface area (Å²) < 4.78 is 69.1. The van der Waals surface area contributed by atoms with E-state index in [0.717, 1.165) is 10.4 Å². The molecule has 2 rings (SSSR count). The number of benzene rings is 2. The van der Waals surface area contributed by atoms with Crippen LogP contribution in [0.1, 0.15) is 5.56 Å². The van der Waals surface area contributed by atoms with E-state index in [1.165, 1.54) is 43.4 Å². The lowest BCUT2D eigenvalue weighted by atomic mass is 10.2. The quantitative estimate of drug-likeness (QED) is 0.704. The number of ether oxygens (including phenoxy) is 1. The summed E-state index contributed by atoms with van der Waals surface area (Å²) in [7, 11) is -2.72. The maximum atomic E-state index is 13.8. The molecule has 130 valence electrons. The first-order chi connectivity index (χ1) is 11.2. The van der Waals surface area contributed by atoms with Gasteiger partial charge in [-0.3, -0.25) is 0 Å². The molecule has 0 saturated heterocycles. The zero-order valence-corrected chi connectivity index (χ0v) is 14.8. The van der Waals surface area contributed by atoms with Gasteiger partial charge in [-0.1, -0.05) is 22.0 Å². The van der Waals surface area contributed by atoms with Crippen LogP contribution in [0, 0.1) is 5.82 Å². The fourth-order valence-electron chi connectivity index (χ4n) is 1.98. The summed E-state index contributed by atoms with van der Waals surface area (Å²) in [5, 5.41) is 0. The Bertz CT molecular complexity index is 830. The van der Waals surface area contributed by atoms with Crippen molar-refractivity contribution < 1.29 is 26.3 Å². The highest BCUT2D eigenvalue weighted by Crippen LogP contribution is 2.24. The van der Waals surface area contributed by atoms with Crippen molar-refractivity contribution >= 4 is 26.0 Å². The highest BCUT2D eigenvalue weighted by atomic mass is 79.9. The van der Waals surface area contributed by atoms with Crippen molar-refractivity contribution in [3.63, 3.8) is 0 Å². The minimum absolute atomic E-state index is 0.176. The van der Waals surface area contributed by atoms with E-state index in [1.807, 2.05) is 0 Å². The highest BCUT2D eigenvalue weighted by Gasteiger charge is 2.23. The maximum absolute atomic E-state index is 13.8. The van der Waals surface area contributed by atoms with E-state index in [2.05, 4.69) is 20.7 Å². The molecular formula is C15H13BrF3NO3S. The second kappa shape index (κ2) is 7.54. The third kappa shape index (κ3) is 4.49. The van der Waals surface area contributed by atoms with Crippen molar-refractivity contribution in [2.24, 2.45) is 0 Å². The van der Waals surface area contributed by atoms with Crippen LogP contribution in [0.2, 0.25) is 0 Å². The summed E-state index contributed by atoms with van der Waals surface area (Å²) in [6.45, 7) is -3.27. The van der Waals surface area contributed by atoms with E-state index < -0.39 is 22.5 Å². The average Bonchev–Trinajstić information content (AvgIpc) is 2.50. The van der Waals surface area contributed by atoms with Gasteiger partial charge in [0.25, 0.3) is 0 Å². The number of hydrogen-bond acceptors (Lipinski definition) is 3. The molecule has 0 saturated carbocycles. The molecule has 0 bridgehead atoms. The maximum Gasteiger partial charge on any atom is 0.387 e. The average molecular weight is 424 g/mol. The first-order valence-corrected chi connectivity index (χ1v) is 8.88. The number of halogens is 4. The van der Waals surface area contributed by atoms with E-state index in [-0.39, 0.29) is 22.8 Å². The van der Waals surface area contributed by atoms with Crippen molar-refractivity contribution in [2.75, 3.05) is 7.05 Å². The molecule has 0 N–H and O–H groups in total. The summed E-state index contributed by atoms with van der Waals surface area (Å²) in [6, 6.07) is 8.95. The zero-order valence-electron chi connectivity index (χ0n) is 12.4. The van der Waals surface area contributed by atoms with Gasteiger partial charge >= 0.3 is 6.61 Å². The molecule has 0 amide bonds. The van der Waals surface area contributed by atoms with Gasteiger partial charge in [-0.25, -0.2) is 12.8 Å². The number of nitrogens with zero attached hydrogens (tertiary/aromatic N) is 1. The number of sulfonamides is 1. The Hall–Kier alpha value is -1.58. The van der Waals surface area contributed by atoms with Crippen LogP contribution in [-0.4, -0.2) is 26.4 Å². The molecule has 0 aliphatic rings. The molecule has 4 nitrogen and oxygen atoms in total. The molecular weight excluding hydrogens is 411 g/mol. The van der Waals surface area contributed by atoms with Gasteiger partial charge in [0.1, 0.15) is 11.6 Å². The predicted octanol–water partition coefficient (Wildman–Crippen LogP) is 4.01. The molecule has 9 heteroatoms. The third-order valence-corrected chi connectivity index (χ3v) is 5.43. The number of hydrogen-bond donors (Lipinski definition) is 0. The smallest absolute Gasteiger partial charge is 0.387 e. The summed E-state index contributed by atoms with van der Waals surface area (Å²) in [4.78, 5) is -0.224. The van der Waals surface area contributed by atoms with Gasteiger partial charge in [0.2, 0.25) is 10.0 Å². The lowest BCUT2D eigenvalue weighted by Crippen LogP contribution is -2.27. The van der Waals surface area contributed by atoms with Crippen molar-refractivity contribution in [2.45, 2.75) is 18.1 Å². The van der Waals surface area contributed by atoms with Crippen molar-refractivity contribution in [1.29, 1.82) is 0 Å². The largest absolute Gasteiger partial charge is 0.435 e. The van der Waals surface area contributed by atoms with Gasteiger partial charge in [-0.15, -0.1) is 0 Å². The van der Waals surface area contributed by atoms with E-state index in [4.69, 9.17) is 0 Å². The van der Waals surface area contributed by atoms with Gasteiger partial charge < -0.3 is 4.74 Å². The second-order valence-electron chi connectivity index (χ2n) is 4.85. The van der Waals surface area contributed by atoms with Crippen LogP contribution < -0.4 is 4.74 Å². The third-order valence-electron chi connectivity index (χ3n) is 3.14. The molecule has 2 aromatic rings. The van der Waals surface area contributed by atoms with Crippen LogP contribution in [0.15, 0.2) is 51.8 Å². The van der Waals surface area contributed by atoms with Crippen LogP contribution in [0.4, 0.5) is 13.2 Å². The lowest BCUT2D eigenvalue weighted by Gasteiger charge is -2.18. The van der Waals surface area contributed by atoms with Crippen LogP contribution >= 0.6 is 15.9 Å². The van der Waals surface area contributed by atoms with E-state index in [0.29, 0.717) is 4.47 Å². The Balaban J connectivity index is 2.27. The summed E-state index contributed by atoms with van der Waals surface area (Å²) >= 11 is 3.19. The SMILES string of the molecule is CN(Cc1cc(Br)ccc1F)S(=O)(=O)c1cccc(OC(F)F)c1. The Labute approximate surface area is 146 Å². The Kier molecular flexibility index (Phi) is 5.89.